The minimum absolute atomic E-state index is 0.130. The summed E-state index contributed by atoms with van der Waals surface area (Å²) in [5, 5.41) is 11.7. The molecule has 0 fully saturated rings. The van der Waals surface area contributed by atoms with Crippen molar-refractivity contribution in [3.63, 3.8) is 0 Å². The third kappa shape index (κ3) is 3.29. The van der Waals surface area contributed by atoms with Crippen molar-refractivity contribution in [1.29, 1.82) is 0 Å². The van der Waals surface area contributed by atoms with Crippen molar-refractivity contribution in [2.75, 3.05) is 5.32 Å². The van der Waals surface area contributed by atoms with Crippen LogP contribution in [0, 0.1) is 0 Å². The van der Waals surface area contributed by atoms with Crippen LogP contribution in [0.3, 0.4) is 0 Å². The lowest BCUT2D eigenvalue weighted by Crippen LogP contribution is -2.12. The second-order valence-electron chi connectivity index (χ2n) is 4.98. The maximum Gasteiger partial charge on any atom is 0.335 e. The molecule has 1 aromatic heterocycles. The Morgan fingerprint density at radius 2 is 1.57 bits per heavy atom. The van der Waals surface area contributed by atoms with Crippen LogP contribution in [0.4, 0.5) is 5.69 Å². The molecule has 5 nitrogen and oxygen atoms in total. The van der Waals surface area contributed by atoms with Gasteiger partial charge in [0.1, 0.15) is 0 Å². The fourth-order valence-corrected chi connectivity index (χ4v) is 2.22. The lowest BCUT2D eigenvalue weighted by molar-refractivity contribution is 0.0696. The van der Waals surface area contributed by atoms with Gasteiger partial charge in [-0.05, 0) is 54.6 Å². The minimum Gasteiger partial charge on any atom is -0.478 e. The predicted molar refractivity (Wildman–Crippen MR) is 87.1 cm³/mol. The predicted octanol–water partition coefficient (Wildman–Crippen LogP) is 3.43. The van der Waals surface area contributed by atoms with Crippen LogP contribution >= 0.6 is 0 Å². The molecule has 0 aliphatic heterocycles. The van der Waals surface area contributed by atoms with E-state index in [1.807, 2.05) is 41.2 Å². The van der Waals surface area contributed by atoms with Gasteiger partial charge in [0.25, 0.3) is 5.91 Å². The number of nitrogens with zero attached hydrogens (tertiary/aromatic N) is 1. The molecule has 1 heterocycles. The van der Waals surface area contributed by atoms with Crippen LogP contribution in [0.5, 0.6) is 0 Å². The van der Waals surface area contributed by atoms with Gasteiger partial charge in [-0.3, -0.25) is 4.79 Å². The zero-order valence-electron chi connectivity index (χ0n) is 12.1. The average Bonchev–Trinajstić information content (AvgIpc) is 3.09. The van der Waals surface area contributed by atoms with Crippen molar-refractivity contribution in [2.24, 2.45) is 0 Å². The molecule has 0 unspecified atom stereocenters. The molecule has 3 rings (SSSR count). The number of aromatic nitrogens is 1. The Balaban J connectivity index is 1.76. The molecule has 0 spiro atoms. The van der Waals surface area contributed by atoms with Crippen molar-refractivity contribution in [1.82, 2.24) is 4.57 Å². The summed E-state index contributed by atoms with van der Waals surface area (Å²) in [6, 6.07) is 17.2. The van der Waals surface area contributed by atoms with Crippen LogP contribution in [0.15, 0.2) is 73.1 Å². The van der Waals surface area contributed by atoms with Crippen LogP contribution < -0.4 is 5.32 Å². The van der Waals surface area contributed by atoms with Gasteiger partial charge in [0.15, 0.2) is 0 Å². The summed E-state index contributed by atoms with van der Waals surface area (Å²) >= 11 is 0. The standard InChI is InChI=1S/C18H14N2O3/c21-17(19-15-5-3-4-14(12-15)18(22)23)13-6-8-16(9-7-13)20-10-1-2-11-20/h1-12H,(H,19,21)(H,22,23). The summed E-state index contributed by atoms with van der Waals surface area (Å²) in [5.74, 6) is -1.32. The molecular weight excluding hydrogens is 292 g/mol. The van der Waals surface area contributed by atoms with E-state index >= 15 is 0 Å². The highest BCUT2D eigenvalue weighted by Gasteiger charge is 2.08. The Morgan fingerprint density at radius 1 is 0.870 bits per heavy atom. The van der Waals surface area contributed by atoms with E-state index in [-0.39, 0.29) is 11.5 Å². The minimum atomic E-state index is -1.03. The number of carboxylic acids is 1. The maximum atomic E-state index is 12.2. The first-order valence-corrected chi connectivity index (χ1v) is 7.01. The molecule has 5 heteroatoms. The number of amides is 1. The average molecular weight is 306 g/mol. The van der Waals surface area contributed by atoms with E-state index in [0.717, 1.165) is 5.69 Å². The van der Waals surface area contributed by atoms with Gasteiger partial charge in [-0.2, -0.15) is 0 Å². The van der Waals surface area contributed by atoms with E-state index in [1.165, 1.54) is 12.1 Å². The van der Waals surface area contributed by atoms with Crippen LogP contribution in [-0.4, -0.2) is 21.6 Å². The molecule has 114 valence electrons. The van der Waals surface area contributed by atoms with E-state index in [1.54, 1.807) is 24.3 Å². The van der Waals surface area contributed by atoms with Crippen LogP contribution in [0.1, 0.15) is 20.7 Å². The fraction of sp³-hybridized carbons (Fsp3) is 0. The van der Waals surface area contributed by atoms with Crippen LogP contribution in [0.2, 0.25) is 0 Å². The van der Waals surface area contributed by atoms with Gasteiger partial charge >= 0.3 is 5.97 Å². The SMILES string of the molecule is O=C(O)c1cccc(NC(=O)c2ccc(-n3cccc3)cc2)c1. The number of rotatable bonds is 4. The van der Waals surface area contributed by atoms with E-state index in [2.05, 4.69) is 5.32 Å². The number of carboxylic acid groups (broad SMARTS) is 1. The number of hydrogen-bond donors (Lipinski definition) is 2. The largest absolute Gasteiger partial charge is 0.478 e. The van der Waals surface area contributed by atoms with Crippen LogP contribution in [-0.2, 0) is 0 Å². The maximum absolute atomic E-state index is 12.2. The van der Waals surface area contributed by atoms with E-state index in [9.17, 15) is 9.59 Å². The van der Waals surface area contributed by atoms with Crippen molar-refractivity contribution >= 4 is 17.6 Å². The zero-order valence-corrected chi connectivity index (χ0v) is 12.1. The molecule has 23 heavy (non-hydrogen) atoms. The van der Waals surface area contributed by atoms with E-state index in [0.29, 0.717) is 11.3 Å². The van der Waals surface area contributed by atoms with Gasteiger partial charge in [0.05, 0.1) is 5.56 Å². The molecule has 0 aliphatic carbocycles. The van der Waals surface area contributed by atoms with Gasteiger partial charge in [-0.25, -0.2) is 4.79 Å². The van der Waals surface area contributed by atoms with E-state index < -0.39 is 5.97 Å². The Morgan fingerprint density at radius 3 is 2.22 bits per heavy atom. The van der Waals surface area contributed by atoms with Gasteiger partial charge in [-0.1, -0.05) is 6.07 Å². The monoisotopic (exact) mass is 306 g/mol. The highest BCUT2D eigenvalue weighted by Crippen LogP contribution is 2.14. The normalized spacial score (nSPS) is 10.3. The van der Waals surface area contributed by atoms with Gasteiger partial charge in [-0.15, -0.1) is 0 Å². The summed E-state index contributed by atoms with van der Waals surface area (Å²) in [6.45, 7) is 0. The Labute approximate surface area is 132 Å². The molecule has 0 radical (unpaired) electrons. The molecule has 0 saturated carbocycles. The number of nitrogens with one attached hydrogen (secondary N) is 1. The lowest BCUT2D eigenvalue weighted by Gasteiger charge is -2.07. The summed E-state index contributed by atoms with van der Waals surface area (Å²) in [5.41, 5.74) is 2.04. The number of anilines is 1. The Hall–Kier alpha value is -3.34. The summed E-state index contributed by atoms with van der Waals surface area (Å²) in [7, 11) is 0. The molecule has 1 amide bonds. The number of carbonyl (C=O) groups is 2. The second-order valence-corrected chi connectivity index (χ2v) is 4.98. The van der Waals surface area contributed by atoms with Gasteiger partial charge < -0.3 is 15.0 Å². The smallest absolute Gasteiger partial charge is 0.335 e. The van der Waals surface area contributed by atoms with Crippen LogP contribution in [0.25, 0.3) is 5.69 Å². The molecular formula is C18H14N2O3. The number of hydrogen-bond acceptors (Lipinski definition) is 2. The lowest BCUT2D eigenvalue weighted by atomic mass is 10.1. The molecule has 0 bridgehead atoms. The summed E-state index contributed by atoms with van der Waals surface area (Å²) in [4.78, 5) is 23.2. The van der Waals surface area contributed by atoms with Gasteiger partial charge in [0, 0.05) is 29.3 Å². The van der Waals surface area contributed by atoms with E-state index in [4.69, 9.17) is 5.11 Å². The van der Waals surface area contributed by atoms with Crippen molar-refractivity contribution in [3.05, 3.63) is 84.2 Å². The second kappa shape index (κ2) is 6.19. The quantitative estimate of drug-likeness (QED) is 0.775. The molecule has 2 aromatic carbocycles. The van der Waals surface area contributed by atoms with Crippen molar-refractivity contribution in [3.8, 4) is 5.69 Å². The number of aromatic carboxylic acids is 1. The first kappa shape index (κ1) is 14.6. The molecule has 0 saturated heterocycles. The fourth-order valence-electron chi connectivity index (χ4n) is 2.22. The highest BCUT2D eigenvalue weighted by molar-refractivity contribution is 6.04. The Kier molecular flexibility index (Phi) is 3.93. The first-order chi connectivity index (χ1) is 11.1. The van der Waals surface area contributed by atoms with Crippen molar-refractivity contribution in [2.45, 2.75) is 0 Å². The molecule has 3 aromatic rings. The Bertz CT molecular complexity index is 837. The third-order valence-corrected chi connectivity index (χ3v) is 3.40. The number of carbonyl (C=O) groups excluding carboxylic acids is 1. The third-order valence-electron chi connectivity index (χ3n) is 3.40. The molecule has 0 atom stereocenters. The molecule has 0 aliphatic rings. The van der Waals surface area contributed by atoms with Crippen molar-refractivity contribution < 1.29 is 14.7 Å². The van der Waals surface area contributed by atoms with Gasteiger partial charge in [0.2, 0.25) is 0 Å². The highest BCUT2D eigenvalue weighted by atomic mass is 16.4. The summed E-state index contributed by atoms with van der Waals surface area (Å²) < 4.78 is 1.94. The summed E-state index contributed by atoms with van der Waals surface area (Å²) in [6.07, 6.45) is 3.85. The molecule has 2 N–H and O–H groups in total. The first-order valence-electron chi connectivity index (χ1n) is 7.01. The topological polar surface area (TPSA) is 71.3 Å². The number of benzene rings is 2. The zero-order chi connectivity index (χ0) is 16.2.